The molecular formula is C13H18N2O2. The minimum atomic E-state index is -0.895. The number of nitro groups is 1. The fraction of sp³-hybridized carbons (Fsp3) is 0.538. The van der Waals surface area contributed by atoms with Crippen LogP contribution in [0.5, 0.6) is 0 Å². The van der Waals surface area contributed by atoms with E-state index in [1.54, 1.807) is 0 Å². The first-order valence-electron chi connectivity index (χ1n) is 6.16. The van der Waals surface area contributed by atoms with Gasteiger partial charge in [0.05, 0.1) is 0 Å². The number of benzene rings is 1. The normalized spacial score (nSPS) is 18.8. The van der Waals surface area contributed by atoms with Crippen molar-refractivity contribution in [2.45, 2.75) is 44.3 Å². The molecule has 1 aliphatic carbocycles. The quantitative estimate of drug-likeness (QED) is 0.495. The summed E-state index contributed by atoms with van der Waals surface area (Å²) in [6, 6.07) is 9.84. The third kappa shape index (κ3) is 2.82. The van der Waals surface area contributed by atoms with Gasteiger partial charge in [-0.1, -0.05) is 36.8 Å². The first kappa shape index (κ1) is 12.0. The third-order valence-electron chi connectivity index (χ3n) is 3.49. The van der Waals surface area contributed by atoms with Gasteiger partial charge in [-0.25, -0.2) is 5.32 Å². The molecule has 4 nitrogen and oxygen atoms in total. The highest BCUT2D eigenvalue weighted by atomic mass is 16.6. The highest BCUT2D eigenvalue weighted by molar-refractivity contribution is 5.14. The Balaban J connectivity index is 2.01. The Hall–Kier alpha value is -1.42. The first-order valence-corrected chi connectivity index (χ1v) is 6.16. The molecule has 0 atom stereocenters. The van der Waals surface area contributed by atoms with Crippen molar-refractivity contribution in [3.05, 3.63) is 46.0 Å². The Morgan fingerprint density at radius 2 is 1.82 bits per heavy atom. The van der Waals surface area contributed by atoms with Crippen LogP contribution in [0, 0.1) is 10.1 Å². The molecule has 0 aromatic heterocycles. The largest absolute Gasteiger partial charge is 0.275 e. The summed E-state index contributed by atoms with van der Waals surface area (Å²) >= 11 is 0. The van der Waals surface area contributed by atoms with Crippen LogP contribution >= 0.6 is 0 Å². The molecular weight excluding hydrogens is 216 g/mol. The maximum atomic E-state index is 11.2. The molecule has 1 aromatic rings. The molecule has 0 amide bonds. The molecule has 0 aliphatic heterocycles. The average molecular weight is 234 g/mol. The van der Waals surface area contributed by atoms with E-state index in [0.29, 0.717) is 19.4 Å². The van der Waals surface area contributed by atoms with E-state index in [9.17, 15) is 10.1 Å². The predicted molar refractivity (Wildman–Crippen MR) is 66.1 cm³/mol. The van der Waals surface area contributed by atoms with E-state index in [4.69, 9.17) is 0 Å². The molecule has 1 fully saturated rings. The monoisotopic (exact) mass is 234 g/mol. The van der Waals surface area contributed by atoms with Crippen LogP contribution in [0.2, 0.25) is 0 Å². The molecule has 17 heavy (non-hydrogen) atoms. The van der Waals surface area contributed by atoms with Gasteiger partial charge in [-0.15, -0.1) is 0 Å². The summed E-state index contributed by atoms with van der Waals surface area (Å²) < 4.78 is 0. The predicted octanol–water partition coefficient (Wildman–Crippen LogP) is 2.71. The van der Waals surface area contributed by atoms with E-state index in [1.807, 2.05) is 30.3 Å². The van der Waals surface area contributed by atoms with Gasteiger partial charge >= 0.3 is 0 Å². The Kier molecular flexibility index (Phi) is 3.74. The van der Waals surface area contributed by atoms with Crippen LogP contribution in [-0.2, 0) is 6.54 Å². The van der Waals surface area contributed by atoms with Crippen LogP contribution in [0.15, 0.2) is 30.3 Å². The lowest BCUT2D eigenvalue weighted by Crippen LogP contribution is -2.52. The van der Waals surface area contributed by atoms with Crippen molar-refractivity contribution in [1.29, 1.82) is 0 Å². The Morgan fingerprint density at radius 1 is 1.18 bits per heavy atom. The second-order valence-corrected chi connectivity index (χ2v) is 4.69. The van der Waals surface area contributed by atoms with Crippen molar-refractivity contribution in [3.8, 4) is 0 Å². The van der Waals surface area contributed by atoms with E-state index in [1.165, 1.54) is 0 Å². The van der Waals surface area contributed by atoms with Gasteiger partial charge in [-0.3, -0.25) is 10.1 Å². The van der Waals surface area contributed by atoms with Gasteiger partial charge in [-0.2, -0.15) is 0 Å². The smallest absolute Gasteiger partial charge is 0.263 e. The second-order valence-electron chi connectivity index (χ2n) is 4.69. The topological polar surface area (TPSA) is 55.2 Å². The minimum Gasteiger partial charge on any atom is -0.263 e. The number of hydrogen-bond donors (Lipinski definition) is 1. The lowest BCUT2D eigenvalue weighted by atomic mass is 9.89. The van der Waals surface area contributed by atoms with Crippen molar-refractivity contribution < 1.29 is 4.92 Å². The molecule has 4 heteroatoms. The lowest BCUT2D eigenvalue weighted by molar-refractivity contribution is -0.583. The van der Waals surface area contributed by atoms with Gasteiger partial charge in [0.2, 0.25) is 0 Å². The molecule has 1 N–H and O–H groups in total. The zero-order chi connectivity index (χ0) is 12.1. The summed E-state index contributed by atoms with van der Waals surface area (Å²) in [4.78, 5) is 11.1. The third-order valence-corrected chi connectivity index (χ3v) is 3.49. The summed E-state index contributed by atoms with van der Waals surface area (Å²) in [5.41, 5.74) is 0.202. The van der Waals surface area contributed by atoms with Crippen molar-refractivity contribution >= 4 is 0 Å². The average Bonchev–Trinajstić information content (AvgIpc) is 2.38. The van der Waals surface area contributed by atoms with Gasteiger partial charge in [-0.05, 0) is 18.4 Å². The maximum Gasteiger partial charge on any atom is 0.275 e. The standard InChI is InChI=1S/C13H18N2O2/c16-15(17)13(9-5-2-6-10-13)14-11-12-7-3-1-4-8-12/h1,3-4,7-8,14H,2,5-6,9-11H2. The van der Waals surface area contributed by atoms with E-state index in [2.05, 4.69) is 5.32 Å². The van der Waals surface area contributed by atoms with Gasteiger partial charge in [0, 0.05) is 24.3 Å². The molecule has 2 rings (SSSR count). The van der Waals surface area contributed by atoms with Crippen molar-refractivity contribution in [3.63, 3.8) is 0 Å². The Labute approximate surface area is 101 Å². The van der Waals surface area contributed by atoms with Gasteiger partial charge in [0.25, 0.3) is 5.66 Å². The molecule has 0 spiro atoms. The van der Waals surface area contributed by atoms with Crippen molar-refractivity contribution in [1.82, 2.24) is 5.32 Å². The number of nitrogens with one attached hydrogen (secondary N) is 1. The summed E-state index contributed by atoms with van der Waals surface area (Å²) in [5, 5.41) is 14.4. The van der Waals surface area contributed by atoms with Crippen LogP contribution in [0.4, 0.5) is 0 Å². The zero-order valence-electron chi connectivity index (χ0n) is 9.89. The number of hydrogen-bond acceptors (Lipinski definition) is 3. The second kappa shape index (κ2) is 5.27. The number of nitrogens with zero attached hydrogens (tertiary/aromatic N) is 1. The molecule has 1 aromatic carbocycles. The van der Waals surface area contributed by atoms with E-state index in [-0.39, 0.29) is 4.92 Å². The van der Waals surface area contributed by atoms with E-state index in [0.717, 1.165) is 24.8 Å². The van der Waals surface area contributed by atoms with Crippen LogP contribution in [0.25, 0.3) is 0 Å². The van der Waals surface area contributed by atoms with E-state index >= 15 is 0 Å². The molecule has 1 saturated carbocycles. The van der Waals surface area contributed by atoms with E-state index < -0.39 is 5.66 Å². The molecule has 0 heterocycles. The van der Waals surface area contributed by atoms with Crippen molar-refractivity contribution in [2.75, 3.05) is 0 Å². The fourth-order valence-corrected chi connectivity index (χ4v) is 2.42. The van der Waals surface area contributed by atoms with Crippen LogP contribution in [0.1, 0.15) is 37.7 Å². The maximum absolute atomic E-state index is 11.2. The van der Waals surface area contributed by atoms with Crippen LogP contribution in [0.3, 0.4) is 0 Å². The summed E-state index contributed by atoms with van der Waals surface area (Å²) in [6.07, 6.45) is 4.30. The molecule has 1 aliphatic rings. The summed E-state index contributed by atoms with van der Waals surface area (Å²) in [5.74, 6) is 0. The molecule has 0 unspecified atom stereocenters. The number of rotatable bonds is 4. The molecule has 0 bridgehead atoms. The molecule has 0 radical (unpaired) electrons. The zero-order valence-corrected chi connectivity index (χ0v) is 9.89. The lowest BCUT2D eigenvalue weighted by Gasteiger charge is -2.29. The van der Waals surface area contributed by atoms with Crippen LogP contribution in [-0.4, -0.2) is 10.6 Å². The molecule has 92 valence electrons. The minimum absolute atomic E-state index is 0.130. The van der Waals surface area contributed by atoms with Gasteiger partial charge in [0.1, 0.15) is 0 Å². The SMILES string of the molecule is O=[N+]([O-])C1(NCc2ccccc2)CCCCC1. The first-order chi connectivity index (χ1) is 8.23. The highest BCUT2D eigenvalue weighted by Gasteiger charge is 2.42. The van der Waals surface area contributed by atoms with Crippen LogP contribution < -0.4 is 5.32 Å². The molecule has 0 saturated heterocycles. The summed E-state index contributed by atoms with van der Waals surface area (Å²) in [7, 11) is 0. The Morgan fingerprint density at radius 3 is 2.41 bits per heavy atom. The fourth-order valence-electron chi connectivity index (χ4n) is 2.42. The Bertz CT molecular complexity index is 372. The highest BCUT2D eigenvalue weighted by Crippen LogP contribution is 2.28. The summed E-state index contributed by atoms with van der Waals surface area (Å²) in [6.45, 7) is 0.571. The van der Waals surface area contributed by atoms with Gasteiger partial charge in [0.15, 0.2) is 0 Å². The van der Waals surface area contributed by atoms with Gasteiger partial charge < -0.3 is 0 Å². The van der Waals surface area contributed by atoms with Crippen molar-refractivity contribution in [2.24, 2.45) is 0 Å².